The van der Waals surface area contributed by atoms with Gasteiger partial charge in [0.15, 0.2) is 0 Å². The van der Waals surface area contributed by atoms with E-state index in [0.29, 0.717) is 17.4 Å². The molecule has 0 spiro atoms. The van der Waals surface area contributed by atoms with E-state index in [0.717, 1.165) is 0 Å². The lowest BCUT2D eigenvalue weighted by Crippen LogP contribution is -2.37. The first kappa shape index (κ1) is 15.8. The minimum Gasteiger partial charge on any atom is -0.207 e. The number of sulfonamides is 1. The van der Waals surface area contributed by atoms with Gasteiger partial charge in [0.25, 0.3) is 0 Å². The lowest BCUT2D eigenvalue weighted by Gasteiger charge is -2.18. The Labute approximate surface area is 119 Å². The molecule has 0 amide bonds. The Morgan fingerprint density at radius 1 is 1.33 bits per heavy atom. The molecular weight excluding hydrogens is 293 g/mol. The quantitative estimate of drug-likeness (QED) is 0.820. The smallest absolute Gasteiger partial charge is 0.207 e. The molecule has 1 unspecified atom stereocenters. The normalized spacial score (nSPS) is 13.8. The van der Waals surface area contributed by atoms with Crippen LogP contribution in [0.25, 0.3) is 0 Å². The number of nitrogens with one attached hydrogen (secondary N) is 1. The van der Waals surface area contributed by atoms with Crippen LogP contribution in [0.15, 0.2) is 29.2 Å². The van der Waals surface area contributed by atoms with Crippen molar-refractivity contribution in [3.05, 3.63) is 29.3 Å². The van der Waals surface area contributed by atoms with Crippen molar-refractivity contribution in [3.63, 3.8) is 0 Å². The summed E-state index contributed by atoms with van der Waals surface area (Å²) in [5.74, 6) is 0.619. The van der Waals surface area contributed by atoms with E-state index in [1.165, 1.54) is 12.1 Å². The molecule has 0 fully saturated rings. The van der Waals surface area contributed by atoms with Crippen LogP contribution in [0.4, 0.5) is 0 Å². The van der Waals surface area contributed by atoms with Crippen LogP contribution in [0.1, 0.15) is 20.3 Å². The van der Waals surface area contributed by atoms with E-state index in [1.54, 1.807) is 12.1 Å². The van der Waals surface area contributed by atoms with Gasteiger partial charge in [-0.3, -0.25) is 0 Å². The molecule has 3 nitrogen and oxygen atoms in total. The summed E-state index contributed by atoms with van der Waals surface area (Å²) >= 11 is 11.6. The third-order valence-corrected chi connectivity index (χ3v) is 4.50. The van der Waals surface area contributed by atoms with Gasteiger partial charge >= 0.3 is 0 Å². The summed E-state index contributed by atoms with van der Waals surface area (Å²) in [6, 6.07) is 5.90. The second-order valence-corrected chi connectivity index (χ2v) is 7.02. The maximum Gasteiger partial charge on any atom is 0.240 e. The van der Waals surface area contributed by atoms with Crippen LogP contribution >= 0.6 is 23.2 Å². The number of rotatable bonds is 6. The number of hydrogen-bond donors (Lipinski definition) is 1. The molecule has 0 bridgehead atoms. The average Bonchev–Trinajstić information content (AvgIpc) is 2.27. The second kappa shape index (κ2) is 6.75. The fraction of sp³-hybridized carbons (Fsp3) is 0.500. The van der Waals surface area contributed by atoms with Crippen molar-refractivity contribution in [2.24, 2.45) is 5.92 Å². The minimum atomic E-state index is -3.56. The first-order valence-corrected chi connectivity index (χ1v) is 8.08. The molecule has 0 aromatic heterocycles. The Bertz CT molecular complexity index is 489. The van der Waals surface area contributed by atoms with Gasteiger partial charge in [-0.25, -0.2) is 13.1 Å². The first-order chi connectivity index (χ1) is 8.35. The van der Waals surface area contributed by atoms with Gasteiger partial charge in [-0.1, -0.05) is 31.5 Å². The number of hydrogen-bond acceptors (Lipinski definition) is 2. The molecule has 1 rings (SSSR count). The molecule has 1 atom stereocenters. The maximum absolute atomic E-state index is 12.1. The summed E-state index contributed by atoms with van der Waals surface area (Å²) in [4.78, 5) is 0.161. The predicted molar refractivity (Wildman–Crippen MR) is 75.7 cm³/mol. The van der Waals surface area contributed by atoms with Gasteiger partial charge in [0.2, 0.25) is 10.0 Å². The van der Waals surface area contributed by atoms with Crippen LogP contribution in [0.5, 0.6) is 0 Å². The molecule has 0 aliphatic carbocycles. The highest BCUT2D eigenvalue weighted by molar-refractivity contribution is 7.89. The summed E-state index contributed by atoms with van der Waals surface area (Å²) in [6.07, 6.45) is 0.698. The molecule has 18 heavy (non-hydrogen) atoms. The van der Waals surface area contributed by atoms with Crippen molar-refractivity contribution in [2.75, 3.05) is 5.88 Å². The van der Waals surface area contributed by atoms with Gasteiger partial charge in [0.05, 0.1) is 4.90 Å². The van der Waals surface area contributed by atoms with Gasteiger partial charge in [-0.05, 0) is 30.5 Å². The molecule has 0 radical (unpaired) electrons. The minimum absolute atomic E-state index is 0.161. The van der Waals surface area contributed by atoms with E-state index in [-0.39, 0.29) is 16.8 Å². The SMILES string of the molecule is CC(C)CC(CCl)NS(=O)(=O)c1cccc(Cl)c1. The molecule has 0 saturated heterocycles. The van der Waals surface area contributed by atoms with E-state index in [4.69, 9.17) is 23.2 Å². The monoisotopic (exact) mass is 309 g/mol. The average molecular weight is 310 g/mol. The summed E-state index contributed by atoms with van der Waals surface area (Å²) in [6.45, 7) is 4.04. The maximum atomic E-state index is 12.1. The van der Waals surface area contributed by atoms with E-state index in [2.05, 4.69) is 4.72 Å². The largest absolute Gasteiger partial charge is 0.240 e. The first-order valence-electron chi connectivity index (χ1n) is 5.69. The van der Waals surface area contributed by atoms with Crippen LogP contribution in [0.3, 0.4) is 0 Å². The Morgan fingerprint density at radius 3 is 2.50 bits per heavy atom. The zero-order valence-electron chi connectivity index (χ0n) is 10.4. The van der Waals surface area contributed by atoms with Gasteiger partial charge in [-0.2, -0.15) is 0 Å². The third kappa shape index (κ3) is 4.76. The van der Waals surface area contributed by atoms with Gasteiger partial charge in [0.1, 0.15) is 0 Å². The molecule has 0 heterocycles. The highest BCUT2D eigenvalue weighted by Gasteiger charge is 2.20. The van der Waals surface area contributed by atoms with Crippen LogP contribution in [-0.2, 0) is 10.0 Å². The summed E-state index contributed by atoms with van der Waals surface area (Å²) < 4.78 is 26.8. The Kier molecular flexibility index (Phi) is 5.92. The third-order valence-electron chi connectivity index (χ3n) is 2.37. The van der Waals surface area contributed by atoms with E-state index in [9.17, 15) is 8.42 Å². The molecule has 1 N–H and O–H groups in total. The van der Waals surface area contributed by atoms with Gasteiger partial charge < -0.3 is 0 Å². The van der Waals surface area contributed by atoms with E-state index < -0.39 is 10.0 Å². The number of alkyl halides is 1. The molecular formula is C12H17Cl2NO2S. The van der Waals surface area contributed by atoms with Crippen molar-refractivity contribution in [1.82, 2.24) is 4.72 Å². The Hall–Kier alpha value is -0.290. The highest BCUT2D eigenvalue weighted by atomic mass is 35.5. The van der Waals surface area contributed by atoms with Crippen LogP contribution in [-0.4, -0.2) is 20.3 Å². The Balaban J connectivity index is 2.87. The fourth-order valence-corrected chi connectivity index (χ4v) is 3.48. The number of benzene rings is 1. The predicted octanol–water partition coefficient (Wildman–Crippen LogP) is 3.27. The van der Waals surface area contributed by atoms with Crippen molar-refractivity contribution >= 4 is 33.2 Å². The van der Waals surface area contributed by atoms with Crippen LogP contribution in [0, 0.1) is 5.92 Å². The summed E-state index contributed by atoms with van der Waals surface area (Å²) in [5.41, 5.74) is 0. The molecule has 1 aromatic rings. The topological polar surface area (TPSA) is 46.2 Å². The Morgan fingerprint density at radius 2 is 2.00 bits per heavy atom. The lowest BCUT2D eigenvalue weighted by atomic mass is 10.1. The fourth-order valence-electron chi connectivity index (χ4n) is 1.63. The summed E-state index contributed by atoms with van der Waals surface area (Å²) in [7, 11) is -3.56. The molecule has 6 heteroatoms. The molecule has 0 aliphatic rings. The molecule has 0 saturated carbocycles. The highest BCUT2D eigenvalue weighted by Crippen LogP contribution is 2.17. The zero-order chi connectivity index (χ0) is 13.8. The molecule has 0 aliphatic heterocycles. The summed E-state index contributed by atoms with van der Waals surface area (Å²) in [5, 5.41) is 0.393. The lowest BCUT2D eigenvalue weighted by molar-refractivity contribution is 0.485. The molecule has 1 aromatic carbocycles. The standard InChI is InChI=1S/C12H17Cl2NO2S/c1-9(2)6-11(8-13)15-18(16,17)12-5-3-4-10(14)7-12/h3-5,7,9,11,15H,6,8H2,1-2H3. The van der Waals surface area contributed by atoms with E-state index in [1.807, 2.05) is 13.8 Å². The van der Waals surface area contributed by atoms with Crippen LogP contribution in [0.2, 0.25) is 5.02 Å². The van der Waals surface area contributed by atoms with Gasteiger partial charge in [-0.15, -0.1) is 11.6 Å². The van der Waals surface area contributed by atoms with Crippen LogP contribution < -0.4 is 4.72 Å². The number of halogens is 2. The van der Waals surface area contributed by atoms with Crippen molar-refractivity contribution in [3.8, 4) is 0 Å². The van der Waals surface area contributed by atoms with Crippen molar-refractivity contribution in [1.29, 1.82) is 0 Å². The zero-order valence-corrected chi connectivity index (χ0v) is 12.7. The van der Waals surface area contributed by atoms with Gasteiger partial charge in [0, 0.05) is 16.9 Å². The van der Waals surface area contributed by atoms with Crippen molar-refractivity contribution < 1.29 is 8.42 Å². The molecule has 102 valence electrons. The second-order valence-electron chi connectivity index (χ2n) is 4.56. The van der Waals surface area contributed by atoms with E-state index >= 15 is 0 Å². The van der Waals surface area contributed by atoms with Crippen molar-refractivity contribution in [2.45, 2.75) is 31.2 Å².